The van der Waals surface area contributed by atoms with Crippen LogP contribution < -0.4 is 24.4 Å². The Kier molecular flexibility index (Phi) is 5.09. The lowest BCUT2D eigenvalue weighted by atomic mass is 10.1. The molecule has 6 heteroatoms. The van der Waals surface area contributed by atoms with E-state index in [4.69, 9.17) is 14.2 Å². The smallest absolute Gasteiger partial charge is 0.279 e. The molecule has 1 amide bonds. The van der Waals surface area contributed by atoms with Gasteiger partial charge in [-0.15, -0.1) is 0 Å². The zero-order chi connectivity index (χ0) is 17.8. The Balaban J connectivity index is 1.58. The van der Waals surface area contributed by atoms with E-state index in [1.54, 1.807) is 19.2 Å². The maximum absolute atomic E-state index is 12.3. The van der Waals surface area contributed by atoms with E-state index in [2.05, 4.69) is 11.4 Å². The predicted octanol–water partition coefficient (Wildman–Crippen LogP) is 1.39. The number of methoxy groups -OCH3 is 1. The summed E-state index contributed by atoms with van der Waals surface area (Å²) in [7, 11) is 3.65. The van der Waals surface area contributed by atoms with Crippen LogP contribution in [0.15, 0.2) is 36.4 Å². The number of ether oxygens (including phenoxy) is 3. The summed E-state index contributed by atoms with van der Waals surface area (Å²) in [5, 5.41) is 2.90. The quantitative estimate of drug-likeness (QED) is 0.832. The lowest BCUT2D eigenvalue weighted by Gasteiger charge is -2.16. The molecule has 6 nitrogen and oxygen atoms in total. The number of quaternary nitrogens is 1. The molecule has 0 saturated carbocycles. The zero-order valence-electron chi connectivity index (χ0n) is 14.7. The number of rotatable bonds is 6. The molecule has 2 aromatic rings. The lowest BCUT2D eigenvalue weighted by molar-refractivity contribution is -0.885. The lowest BCUT2D eigenvalue weighted by Crippen LogP contribution is -3.08. The van der Waals surface area contributed by atoms with Crippen molar-refractivity contribution in [1.82, 2.24) is 0 Å². The fraction of sp³-hybridized carbons (Fsp3) is 0.316. The molecule has 2 N–H and O–H groups in total. The summed E-state index contributed by atoms with van der Waals surface area (Å²) in [4.78, 5) is 13.4. The number of hydrogen-bond donors (Lipinski definition) is 2. The summed E-state index contributed by atoms with van der Waals surface area (Å²) in [6.45, 7) is 3.33. The Labute approximate surface area is 147 Å². The molecule has 0 bridgehead atoms. The van der Waals surface area contributed by atoms with Gasteiger partial charge in [-0.1, -0.05) is 11.6 Å². The molecular weight excluding hydrogens is 320 g/mol. The second kappa shape index (κ2) is 7.44. The molecular formula is C19H23N2O4+. The summed E-state index contributed by atoms with van der Waals surface area (Å²) in [6, 6.07) is 11.5. The number of carbonyl (C=O) groups excluding carboxylic acids is 1. The fourth-order valence-electron chi connectivity index (χ4n) is 2.89. The summed E-state index contributed by atoms with van der Waals surface area (Å²) in [6.07, 6.45) is 0. The maximum atomic E-state index is 12.3. The molecule has 1 unspecified atom stereocenters. The third-order valence-electron chi connectivity index (χ3n) is 4.05. The SMILES string of the molecule is COc1ccc(C)cc1C[NH+](C)CC(=O)Nc1ccc2c(c1)OCO2. The standard InChI is InChI=1S/C19H22N2O4/c1-13-4-6-16(23-3)14(8-13)10-21(2)11-19(22)20-15-5-7-17-18(9-15)25-12-24-17/h4-9H,10-12H2,1-3H3,(H,20,22)/p+1. The van der Waals surface area contributed by atoms with Gasteiger partial charge in [-0.3, -0.25) is 4.79 Å². The van der Waals surface area contributed by atoms with Gasteiger partial charge >= 0.3 is 0 Å². The monoisotopic (exact) mass is 343 g/mol. The number of aryl methyl sites for hydroxylation is 1. The van der Waals surface area contributed by atoms with Gasteiger partial charge in [0.1, 0.15) is 12.3 Å². The summed E-state index contributed by atoms with van der Waals surface area (Å²) < 4.78 is 16.0. The highest BCUT2D eigenvalue weighted by atomic mass is 16.7. The average molecular weight is 343 g/mol. The molecule has 1 aliphatic rings. The minimum Gasteiger partial charge on any atom is -0.496 e. The minimum absolute atomic E-state index is 0.0528. The van der Waals surface area contributed by atoms with E-state index in [-0.39, 0.29) is 12.7 Å². The Hall–Kier alpha value is -2.73. The van der Waals surface area contributed by atoms with Crippen LogP contribution in [0.3, 0.4) is 0 Å². The summed E-state index contributed by atoms with van der Waals surface area (Å²) in [5.74, 6) is 2.15. The van der Waals surface area contributed by atoms with Crippen molar-refractivity contribution in [3.8, 4) is 17.2 Å². The molecule has 0 aliphatic carbocycles. The Morgan fingerprint density at radius 2 is 2.00 bits per heavy atom. The zero-order valence-corrected chi connectivity index (χ0v) is 14.7. The van der Waals surface area contributed by atoms with Crippen LogP contribution in [0, 0.1) is 6.92 Å². The van der Waals surface area contributed by atoms with Crippen molar-refractivity contribution >= 4 is 11.6 Å². The second-order valence-corrected chi connectivity index (χ2v) is 6.24. The minimum atomic E-state index is -0.0528. The van der Waals surface area contributed by atoms with Gasteiger partial charge in [0, 0.05) is 17.3 Å². The topological polar surface area (TPSA) is 61.2 Å². The van der Waals surface area contributed by atoms with Crippen LogP contribution in [0.5, 0.6) is 17.2 Å². The number of amides is 1. The van der Waals surface area contributed by atoms with Gasteiger partial charge in [0.05, 0.1) is 14.2 Å². The van der Waals surface area contributed by atoms with E-state index in [0.717, 1.165) is 16.2 Å². The van der Waals surface area contributed by atoms with E-state index in [9.17, 15) is 4.79 Å². The molecule has 1 aliphatic heterocycles. The van der Waals surface area contributed by atoms with Crippen molar-refractivity contribution in [3.05, 3.63) is 47.5 Å². The van der Waals surface area contributed by atoms with E-state index >= 15 is 0 Å². The molecule has 0 radical (unpaired) electrons. The first-order valence-corrected chi connectivity index (χ1v) is 8.19. The Morgan fingerprint density at radius 3 is 2.80 bits per heavy atom. The highest BCUT2D eigenvalue weighted by Crippen LogP contribution is 2.34. The molecule has 0 aromatic heterocycles. The number of likely N-dealkylation sites (N-methyl/N-ethyl adjacent to an activating group) is 1. The van der Waals surface area contributed by atoms with Crippen molar-refractivity contribution in [2.75, 3.05) is 32.8 Å². The van der Waals surface area contributed by atoms with E-state index in [0.29, 0.717) is 30.3 Å². The molecule has 0 spiro atoms. The Morgan fingerprint density at radius 1 is 1.20 bits per heavy atom. The third kappa shape index (κ3) is 4.22. The fourth-order valence-corrected chi connectivity index (χ4v) is 2.89. The third-order valence-corrected chi connectivity index (χ3v) is 4.05. The molecule has 1 heterocycles. The number of benzene rings is 2. The molecule has 0 saturated heterocycles. The second-order valence-electron chi connectivity index (χ2n) is 6.24. The van der Waals surface area contributed by atoms with Crippen LogP contribution in [0.4, 0.5) is 5.69 Å². The largest absolute Gasteiger partial charge is 0.496 e. The van der Waals surface area contributed by atoms with Crippen molar-refractivity contribution in [2.24, 2.45) is 0 Å². The maximum Gasteiger partial charge on any atom is 0.279 e. The molecule has 25 heavy (non-hydrogen) atoms. The number of carbonyl (C=O) groups is 1. The molecule has 132 valence electrons. The molecule has 0 fully saturated rings. The van der Waals surface area contributed by atoms with E-state index in [1.165, 1.54) is 5.56 Å². The first-order valence-electron chi connectivity index (χ1n) is 8.19. The average Bonchev–Trinajstić information content (AvgIpc) is 3.02. The van der Waals surface area contributed by atoms with Crippen LogP contribution in [-0.2, 0) is 11.3 Å². The van der Waals surface area contributed by atoms with Gasteiger partial charge in [-0.25, -0.2) is 0 Å². The van der Waals surface area contributed by atoms with Crippen molar-refractivity contribution < 1.29 is 23.9 Å². The van der Waals surface area contributed by atoms with Crippen molar-refractivity contribution in [3.63, 3.8) is 0 Å². The highest BCUT2D eigenvalue weighted by Gasteiger charge is 2.16. The van der Waals surface area contributed by atoms with Gasteiger partial charge in [0.25, 0.3) is 5.91 Å². The number of anilines is 1. The van der Waals surface area contributed by atoms with Crippen LogP contribution in [0.2, 0.25) is 0 Å². The number of fused-ring (bicyclic) bond motifs is 1. The van der Waals surface area contributed by atoms with Crippen LogP contribution >= 0.6 is 0 Å². The first kappa shape index (κ1) is 17.1. The van der Waals surface area contributed by atoms with E-state index < -0.39 is 0 Å². The number of hydrogen-bond acceptors (Lipinski definition) is 4. The van der Waals surface area contributed by atoms with Gasteiger partial charge < -0.3 is 24.4 Å². The van der Waals surface area contributed by atoms with Gasteiger partial charge in [0.2, 0.25) is 6.79 Å². The van der Waals surface area contributed by atoms with Crippen molar-refractivity contribution in [2.45, 2.75) is 13.5 Å². The van der Waals surface area contributed by atoms with Crippen LogP contribution in [-0.4, -0.2) is 33.4 Å². The summed E-state index contributed by atoms with van der Waals surface area (Å²) >= 11 is 0. The molecule has 1 atom stereocenters. The summed E-state index contributed by atoms with van der Waals surface area (Å²) in [5.41, 5.74) is 2.97. The predicted molar refractivity (Wildman–Crippen MR) is 94.4 cm³/mol. The van der Waals surface area contributed by atoms with E-state index in [1.807, 2.05) is 32.2 Å². The molecule has 3 rings (SSSR count). The Bertz CT molecular complexity index is 776. The normalized spacial score (nSPS) is 13.4. The van der Waals surface area contributed by atoms with Gasteiger partial charge in [0.15, 0.2) is 18.0 Å². The number of nitrogens with one attached hydrogen (secondary N) is 2. The first-order chi connectivity index (χ1) is 12.0. The highest BCUT2D eigenvalue weighted by molar-refractivity contribution is 5.91. The van der Waals surface area contributed by atoms with Crippen molar-refractivity contribution in [1.29, 1.82) is 0 Å². The van der Waals surface area contributed by atoms with Gasteiger partial charge in [-0.05, 0) is 31.2 Å². The molecule has 2 aromatic carbocycles. The van der Waals surface area contributed by atoms with Crippen LogP contribution in [0.1, 0.15) is 11.1 Å². The van der Waals surface area contributed by atoms with Gasteiger partial charge in [-0.2, -0.15) is 0 Å². The van der Waals surface area contributed by atoms with Crippen LogP contribution in [0.25, 0.3) is 0 Å².